The Morgan fingerprint density at radius 2 is 1.28 bits per heavy atom. The van der Waals surface area contributed by atoms with Crippen LogP contribution in [0.1, 0.15) is 146 Å². The van der Waals surface area contributed by atoms with E-state index in [4.69, 9.17) is 0 Å². The number of rotatable bonds is 14. The highest BCUT2D eigenvalue weighted by Crippen LogP contribution is 2.44. The van der Waals surface area contributed by atoms with Crippen LogP contribution in [0.4, 0.5) is 0 Å². The fourth-order valence-corrected chi connectivity index (χ4v) is 8.37. The second-order valence-corrected chi connectivity index (χ2v) is 13.7. The highest BCUT2D eigenvalue weighted by Gasteiger charge is 2.31. The predicted octanol–water partition coefficient (Wildman–Crippen LogP) is 10.2. The van der Waals surface area contributed by atoms with E-state index in [1.807, 2.05) is 0 Å². The zero-order valence-corrected chi connectivity index (χ0v) is 25.3. The Kier molecular flexibility index (Phi) is 13.0. The van der Waals surface area contributed by atoms with Gasteiger partial charge in [0.05, 0.1) is 0 Å². The predicted molar refractivity (Wildman–Crippen MR) is 167 cm³/mol. The fraction of sp³-hybridized carbons (Fsp3) is 0.757. The molecule has 0 spiro atoms. The van der Waals surface area contributed by atoms with Crippen LogP contribution in [0.2, 0.25) is 0 Å². The molecular weight excluding hydrogens is 474 g/mol. The number of benzene rings is 1. The molecule has 0 heterocycles. The molecule has 1 N–H and O–H groups in total. The summed E-state index contributed by atoms with van der Waals surface area (Å²) in [6.45, 7) is 6.56. The normalized spacial score (nSPS) is 29.6. The first kappa shape index (κ1) is 30.4. The van der Waals surface area contributed by atoms with Crippen molar-refractivity contribution in [3.8, 4) is 0 Å². The summed E-state index contributed by atoms with van der Waals surface area (Å²) in [5.41, 5.74) is 2.93. The standard InChI is InChI=1S/C37H59NO/c1-3-5-6-8-29-12-20-33(21-13-29)35-24-16-31(17-25-35)10-11-32-18-26-36(27-19-32)34-22-14-30(15-23-34)9-7-28-38-37(39)4-2/h4,14-15,22-23,29,31-33,35-36H,2-3,5-13,16-21,24-28H2,1H3,(H,38,39). The van der Waals surface area contributed by atoms with E-state index in [1.165, 1.54) is 88.7 Å². The molecule has 3 fully saturated rings. The van der Waals surface area contributed by atoms with Gasteiger partial charge in [-0.05, 0) is 117 Å². The second kappa shape index (κ2) is 16.6. The Morgan fingerprint density at radius 1 is 0.744 bits per heavy atom. The van der Waals surface area contributed by atoms with Gasteiger partial charge < -0.3 is 5.32 Å². The van der Waals surface area contributed by atoms with Gasteiger partial charge in [0.15, 0.2) is 0 Å². The molecule has 0 saturated heterocycles. The van der Waals surface area contributed by atoms with E-state index in [1.54, 1.807) is 44.1 Å². The van der Waals surface area contributed by atoms with Crippen LogP contribution in [0.3, 0.4) is 0 Å². The van der Waals surface area contributed by atoms with Gasteiger partial charge >= 0.3 is 0 Å². The summed E-state index contributed by atoms with van der Waals surface area (Å²) in [5, 5.41) is 2.87. The third-order valence-electron chi connectivity index (χ3n) is 11.1. The average Bonchev–Trinajstić information content (AvgIpc) is 2.99. The lowest BCUT2D eigenvalue weighted by atomic mass is 9.67. The number of carbonyl (C=O) groups excluding carboxylic acids is 1. The maximum absolute atomic E-state index is 11.3. The van der Waals surface area contributed by atoms with Crippen molar-refractivity contribution >= 4 is 5.91 Å². The molecule has 0 unspecified atom stereocenters. The van der Waals surface area contributed by atoms with Crippen LogP contribution in [-0.4, -0.2) is 12.5 Å². The van der Waals surface area contributed by atoms with Gasteiger partial charge in [-0.1, -0.05) is 102 Å². The Balaban J connectivity index is 1.06. The van der Waals surface area contributed by atoms with Gasteiger partial charge in [0, 0.05) is 6.54 Å². The van der Waals surface area contributed by atoms with E-state index in [0.29, 0.717) is 0 Å². The third-order valence-corrected chi connectivity index (χ3v) is 11.1. The molecule has 1 aromatic carbocycles. The van der Waals surface area contributed by atoms with Crippen LogP contribution in [0.25, 0.3) is 0 Å². The van der Waals surface area contributed by atoms with E-state index in [-0.39, 0.29) is 5.91 Å². The SMILES string of the molecule is C=CC(=O)NCCCc1ccc(C2CCC(CCC3CCC(C4CCC(CCCCC)CC4)CC3)CC2)cc1. The molecule has 4 rings (SSSR count). The lowest BCUT2D eigenvalue weighted by Crippen LogP contribution is -2.26. The molecule has 0 atom stereocenters. The van der Waals surface area contributed by atoms with Gasteiger partial charge in [-0.25, -0.2) is 0 Å². The number of hydrogen-bond acceptors (Lipinski definition) is 1. The summed E-state index contributed by atoms with van der Waals surface area (Å²) < 4.78 is 0. The largest absolute Gasteiger partial charge is 0.353 e. The van der Waals surface area contributed by atoms with Crippen molar-refractivity contribution in [1.82, 2.24) is 5.32 Å². The smallest absolute Gasteiger partial charge is 0.243 e. The molecule has 1 amide bonds. The van der Waals surface area contributed by atoms with Gasteiger partial charge in [0.25, 0.3) is 0 Å². The number of hydrogen-bond donors (Lipinski definition) is 1. The minimum absolute atomic E-state index is 0.0750. The Hall–Kier alpha value is -1.57. The minimum atomic E-state index is -0.0750. The van der Waals surface area contributed by atoms with Crippen LogP contribution in [0.15, 0.2) is 36.9 Å². The molecule has 0 aromatic heterocycles. The summed E-state index contributed by atoms with van der Waals surface area (Å²) in [5.74, 6) is 5.90. The van der Waals surface area contributed by atoms with Gasteiger partial charge in [0.2, 0.25) is 5.91 Å². The molecule has 3 aliphatic carbocycles. The van der Waals surface area contributed by atoms with Crippen molar-refractivity contribution in [3.63, 3.8) is 0 Å². The fourth-order valence-electron chi connectivity index (χ4n) is 8.37. The Labute approximate surface area is 241 Å². The Morgan fingerprint density at radius 3 is 1.82 bits per heavy atom. The van der Waals surface area contributed by atoms with Crippen LogP contribution in [-0.2, 0) is 11.2 Å². The summed E-state index contributed by atoms with van der Waals surface area (Å²) in [6, 6.07) is 9.37. The van der Waals surface area contributed by atoms with Gasteiger partial charge in [-0.3, -0.25) is 4.79 Å². The van der Waals surface area contributed by atoms with E-state index < -0.39 is 0 Å². The molecule has 3 saturated carbocycles. The maximum Gasteiger partial charge on any atom is 0.243 e. The number of amides is 1. The van der Waals surface area contributed by atoms with Crippen molar-refractivity contribution in [2.75, 3.05) is 6.54 Å². The number of carbonyl (C=O) groups is 1. The Bertz CT molecular complexity index is 819. The summed E-state index contributed by atoms with van der Waals surface area (Å²) in [6.07, 6.45) is 30.1. The summed E-state index contributed by atoms with van der Waals surface area (Å²) in [4.78, 5) is 11.3. The summed E-state index contributed by atoms with van der Waals surface area (Å²) in [7, 11) is 0. The monoisotopic (exact) mass is 533 g/mol. The minimum Gasteiger partial charge on any atom is -0.353 e. The molecule has 2 heteroatoms. The molecular formula is C37H59NO. The lowest BCUT2D eigenvalue weighted by Gasteiger charge is -2.38. The van der Waals surface area contributed by atoms with Crippen molar-refractivity contribution in [1.29, 1.82) is 0 Å². The van der Waals surface area contributed by atoms with E-state index in [9.17, 15) is 4.79 Å². The van der Waals surface area contributed by atoms with Crippen molar-refractivity contribution in [2.45, 2.75) is 141 Å². The number of nitrogens with one attached hydrogen (secondary N) is 1. The highest BCUT2D eigenvalue weighted by atomic mass is 16.1. The maximum atomic E-state index is 11.3. The molecule has 218 valence electrons. The first-order valence-corrected chi connectivity index (χ1v) is 17.1. The molecule has 0 aliphatic heterocycles. The van der Waals surface area contributed by atoms with Crippen LogP contribution in [0, 0.1) is 29.6 Å². The van der Waals surface area contributed by atoms with Crippen LogP contribution in [0.5, 0.6) is 0 Å². The van der Waals surface area contributed by atoms with E-state index in [0.717, 1.165) is 54.9 Å². The zero-order chi connectivity index (χ0) is 27.3. The first-order valence-electron chi connectivity index (χ1n) is 17.1. The van der Waals surface area contributed by atoms with Crippen molar-refractivity contribution < 1.29 is 4.79 Å². The molecule has 1 aromatic rings. The lowest BCUT2D eigenvalue weighted by molar-refractivity contribution is -0.116. The van der Waals surface area contributed by atoms with E-state index >= 15 is 0 Å². The third kappa shape index (κ3) is 10.1. The number of aryl methyl sites for hydroxylation is 1. The highest BCUT2D eigenvalue weighted by molar-refractivity contribution is 5.86. The average molecular weight is 534 g/mol. The van der Waals surface area contributed by atoms with Crippen molar-refractivity contribution in [2.24, 2.45) is 29.6 Å². The van der Waals surface area contributed by atoms with Crippen molar-refractivity contribution in [3.05, 3.63) is 48.0 Å². The zero-order valence-electron chi connectivity index (χ0n) is 25.3. The second-order valence-electron chi connectivity index (χ2n) is 13.7. The molecule has 39 heavy (non-hydrogen) atoms. The molecule has 2 nitrogen and oxygen atoms in total. The molecule has 0 radical (unpaired) electrons. The number of unbranched alkanes of at least 4 members (excludes halogenated alkanes) is 2. The molecule has 0 bridgehead atoms. The quantitative estimate of drug-likeness (QED) is 0.187. The van der Waals surface area contributed by atoms with Crippen LogP contribution < -0.4 is 5.32 Å². The van der Waals surface area contributed by atoms with E-state index in [2.05, 4.69) is 43.1 Å². The van der Waals surface area contributed by atoms with Gasteiger partial charge in [-0.15, -0.1) is 0 Å². The molecule has 3 aliphatic rings. The topological polar surface area (TPSA) is 29.1 Å². The first-order chi connectivity index (χ1) is 19.1. The summed E-state index contributed by atoms with van der Waals surface area (Å²) >= 11 is 0. The van der Waals surface area contributed by atoms with Gasteiger partial charge in [-0.2, -0.15) is 0 Å². The van der Waals surface area contributed by atoms with Crippen LogP contribution >= 0.6 is 0 Å². The van der Waals surface area contributed by atoms with Gasteiger partial charge in [0.1, 0.15) is 0 Å².